The highest BCUT2D eigenvalue weighted by molar-refractivity contribution is 9.10. The van der Waals surface area contributed by atoms with Crippen LogP contribution in [-0.2, 0) is 0 Å². The predicted octanol–water partition coefficient (Wildman–Crippen LogP) is 1.32. The fourth-order valence-corrected chi connectivity index (χ4v) is 1.63. The first kappa shape index (κ1) is 7.42. The van der Waals surface area contributed by atoms with Crippen molar-refractivity contribution in [1.82, 2.24) is 9.97 Å². The van der Waals surface area contributed by atoms with Gasteiger partial charge in [-0.05, 0) is 22.0 Å². The van der Waals surface area contributed by atoms with Crippen LogP contribution in [0.1, 0.15) is 0 Å². The van der Waals surface area contributed by atoms with Crippen molar-refractivity contribution in [3.63, 3.8) is 0 Å². The number of rotatable bonds is 0. The number of aromatic amines is 2. The molecule has 1 aromatic heterocycles. The summed E-state index contributed by atoms with van der Waals surface area (Å²) in [6.45, 7) is 0. The molecule has 5 heteroatoms. The lowest BCUT2D eigenvalue weighted by Gasteiger charge is -1.94. The van der Waals surface area contributed by atoms with E-state index >= 15 is 0 Å². The molecule has 1 aromatic carbocycles. The first-order valence-electron chi connectivity index (χ1n) is 3.27. The molecule has 0 saturated heterocycles. The van der Waals surface area contributed by atoms with Gasteiger partial charge in [0.15, 0.2) is 0 Å². The summed E-state index contributed by atoms with van der Waals surface area (Å²) in [5.74, 6) is 0.115. The van der Waals surface area contributed by atoms with Crippen LogP contribution in [0.15, 0.2) is 21.4 Å². The normalized spacial score (nSPS) is 10.8. The summed E-state index contributed by atoms with van der Waals surface area (Å²) in [5, 5.41) is 9.15. The van der Waals surface area contributed by atoms with E-state index in [0.717, 1.165) is 0 Å². The van der Waals surface area contributed by atoms with Crippen LogP contribution in [0.3, 0.4) is 0 Å². The molecule has 0 spiro atoms. The second-order valence-electron chi connectivity index (χ2n) is 2.43. The summed E-state index contributed by atoms with van der Waals surface area (Å²) in [6, 6.07) is 3.00. The number of nitrogens with one attached hydrogen (secondary N) is 2. The number of halogens is 1. The molecular formula is C7H5BrN2O2. The van der Waals surface area contributed by atoms with Crippen molar-refractivity contribution in [2.75, 3.05) is 0 Å². The number of phenols is 1. The van der Waals surface area contributed by atoms with E-state index in [9.17, 15) is 4.79 Å². The third kappa shape index (κ3) is 1.02. The highest BCUT2D eigenvalue weighted by Gasteiger charge is 2.03. The number of aromatic hydroxyl groups is 1. The van der Waals surface area contributed by atoms with Gasteiger partial charge in [-0.15, -0.1) is 0 Å². The van der Waals surface area contributed by atoms with E-state index < -0.39 is 0 Å². The Hall–Kier alpha value is -1.23. The van der Waals surface area contributed by atoms with Crippen LogP contribution in [0, 0.1) is 0 Å². The van der Waals surface area contributed by atoms with Crippen LogP contribution < -0.4 is 5.69 Å². The number of hydrogen-bond acceptors (Lipinski definition) is 2. The fourth-order valence-electron chi connectivity index (χ4n) is 1.09. The number of hydrogen-bond donors (Lipinski definition) is 3. The van der Waals surface area contributed by atoms with Gasteiger partial charge in [0.05, 0.1) is 11.0 Å². The SMILES string of the molecule is O=c1[nH]c2cc(O)cc(Br)c2[nH]1. The third-order valence-corrected chi connectivity index (χ3v) is 2.19. The van der Waals surface area contributed by atoms with Crippen molar-refractivity contribution in [3.8, 4) is 5.75 Å². The maximum atomic E-state index is 10.8. The number of aromatic nitrogens is 2. The molecule has 0 atom stereocenters. The zero-order valence-corrected chi connectivity index (χ0v) is 7.47. The zero-order chi connectivity index (χ0) is 8.72. The standard InChI is InChI=1S/C7H5BrN2O2/c8-4-1-3(11)2-5-6(4)10-7(12)9-5/h1-2,11H,(H2,9,10,12). The molecule has 0 saturated carbocycles. The minimum Gasteiger partial charge on any atom is -0.508 e. The van der Waals surface area contributed by atoms with Crippen LogP contribution in [0.5, 0.6) is 5.75 Å². The third-order valence-electron chi connectivity index (χ3n) is 1.56. The van der Waals surface area contributed by atoms with Gasteiger partial charge in [-0.2, -0.15) is 0 Å². The molecule has 2 aromatic rings. The van der Waals surface area contributed by atoms with Crippen molar-refractivity contribution >= 4 is 27.0 Å². The molecule has 2 rings (SSSR count). The Morgan fingerprint density at radius 2 is 2.08 bits per heavy atom. The number of fused-ring (bicyclic) bond motifs is 1. The summed E-state index contributed by atoms with van der Waals surface area (Å²) >= 11 is 3.21. The van der Waals surface area contributed by atoms with Crippen LogP contribution in [0.2, 0.25) is 0 Å². The lowest BCUT2D eigenvalue weighted by molar-refractivity contribution is 0.475. The van der Waals surface area contributed by atoms with E-state index in [2.05, 4.69) is 25.9 Å². The van der Waals surface area contributed by atoms with E-state index in [1.54, 1.807) is 0 Å². The van der Waals surface area contributed by atoms with Crippen molar-refractivity contribution < 1.29 is 5.11 Å². The number of phenolic OH excluding ortho intramolecular Hbond substituents is 1. The summed E-state index contributed by atoms with van der Waals surface area (Å²) < 4.78 is 0.663. The molecule has 0 bridgehead atoms. The summed E-state index contributed by atoms with van der Waals surface area (Å²) in [5.41, 5.74) is 0.973. The van der Waals surface area contributed by atoms with Gasteiger partial charge >= 0.3 is 5.69 Å². The van der Waals surface area contributed by atoms with Crippen LogP contribution >= 0.6 is 15.9 Å². The molecule has 1 heterocycles. The monoisotopic (exact) mass is 228 g/mol. The lowest BCUT2D eigenvalue weighted by atomic mass is 10.3. The van der Waals surface area contributed by atoms with Gasteiger partial charge in [0, 0.05) is 10.5 Å². The van der Waals surface area contributed by atoms with Crippen LogP contribution in [0.25, 0.3) is 11.0 Å². The number of benzene rings is 1. The van der Waals surface area contributed by atoms with Gasteiger partial charge < -0.3 is 15.1 Å². The summed E-state index contributed by atoms with van der Waals surface area (Å²) in [6.07, 6.45) is 0. The summed E-state index contributed by atoms with van der Waals surface area (Å²) in [7, 11) is 0. The van der Waals surface area contributed by atoms with Gasteiger partial charge in [0.1, 0.15) is 5.75 Å². The van der Waals surface area contributed by atoms with Crippen LogP contribution in [-0.4, -0.2) is 15.1 Å². The van der Waals surface area contributed by atoms with E-state index in [0.29, 0.717) is 15.5 Å². The Morgan fingerprint density at radius 3 is 2.83 bits per heavy atom. The average molecular weight is 229 g/mol. The van der Waals surface area contributed by atoms with Crippen molar-refractivity contribution in [1.29, 1.82) is 0 Å². The van der Waals surface area contributed by atoms with Gasteiger partial charge in [-0.3, -0.25) is 0 Å². The average Bonchev–Trinajstić information content (AvgIpc) is 2.29. The Labute approximate surface area is 75.4 Å². The molecule has 4 nitrogen and oxygen atoms in total. The molecule has 62 valence electrons. The largest absolute Gasteiger partial charge is 0.508 e. The second kappa shape index (κ2) is 2.38. The second-order valence-corrected chi connectivity index (χ2v) is 3.28. The molecule has 0 unspecified atom stereocenters. The highest BCUT2D eigenvalue weighted by atomic mass is 79.9. The van der Waals surface area contributed by atoms with E-state index in [-0.39, 0.29) is 11.4 Å². The van der Waals surface area contributed by atoms with Gasteiger partial charge in [0.25, 0.3) is 0 Å². The molecule has 0 amide bonds. The smallest absolute Gasteiger partial charge is 0.323 e. The Bertz CT molecular complexity index is 486. The molecule has 0 radical (unpaired) electrons. The Balaban J connectivity index is 2.97. The van der Waals surface area contributed by atoms with Crippen molar-refractivity contribution in [2.45, 2.75) is 0 Å². The Kier molecular flexibility index (Phi) is 1.47. The first-order chi connectivity index (χ1) is 5.66. The van der Waals surface area contributed by atoms with E-state index in [1.807, 2.05) is 0 Å². The first-order valence-corrected chi connectivity index (χ1v) is 4.06. The molecular weight excluding hydrogens is 224 g/mol. The maximum Gasteiger partial charge on any atom is 0.323 e. The topological polar surface area (TPSA) is 68.9 Å². The van der Waals surface area contributed by atoms with Crippen molar-refractivity contribution in [3.05, 3.63) is 27.1 Å². The van der Waals surface area contributed by atoms with Gasteiger partial charge in [-0.25, -0.2) is 4.79 Å². The van der Waals surface area contributed by atoms with Crippen LogP contribution in [0.4, 0.5) is 0 Å². The Morgan fingerprint density at radius 1 is 1.33 bits per heavy atom. The fraction of sp³-hybridized carbons (Fsp3) is 0. The van der Waals surface area contributed by atoms with Gasteiger partial charge in [0.2, 0.25) is 0 Å². The predicted molar refractivity (Wildman–Crippen MR) is 48.3 cm³/mol. The van der Waals surface area contributed by atoms with E-state index in [4.69, 9.17) is 5.11 Å². The molecule has 0 aliphatic rings. The minimum atomic E-state index is -0.281. The quantitative estimate of drug-likeness (QED) is 0.637. The summed E-state index contributed by atoms with van der Waals surface area (Å²) in [4.78, 5) is 16.0. The molecule has 0 fully saturated rings. The number of H-pyrrole nitrogens is 2. The van der Waals surface area contributed by atoms with E-state index in [1.165, 1.54) is 12.1 Å². The molecule has 0 aliphatic carbocycles. The molecule has 12 heavy (non-hydrogen) atoms. The number of imidazole rings is 1. The lowest BCUT2D eigenvalue weighted by Crippen LogP contribution is -1.99. The van der Waals surface area contributed by atoms with Crippen molar-refractivity contribution in [2.24, 2.45) is 0 Å². The minimum absolute atomic E-state index is 0.115. The molecule has 0 aliphatic heterocycles. The highest BCUT2D eigenvalue weighted by Crippen LogP contribution is 2.24. The zero-order valence-electron chi connectivity index (χ0n) is 5.89. The van der Waals surface area contributed by atoms with Gasteiger partial charge in [-0.1, -0.05) is 0 Å². The molecule has 3 N–H and O–H groups in total. The maximum absolute atomic E-state index is 10.8.